The quantitative estimate of drug-likeness (QED) is 0.196. The normalized spacial score (nSPS) is 17.3. The van der Waals surface area contributed by atoms with Crippen molar-refractivity contribution in [2.45, 2.75) is 12.5 Å². The predicted molar refractivity (Wildman–Crippen MR) is 125 cm³/mol. The summed E-state index contributed by atoms with van der Waals surface area (Å²) in [5.74, 6) is -1.13. The summed E-state index contributed by atoms with van der Waals surface area (Å²) < 4.78 is 10.5. The van der Waals surface area contributed by atoms with E-state index in [4.69, 9.17) is 9.47 Å². The van der Waals surface area contributed by atoms with Gasteiger partial charge in [0.25, 0.3) is 17.4 Å². The van der Waals surface area contributed by atoms with Gasteiger partial charge in [-0.2, -0.15) is 0 Å². The summed E-state index contributed by atoms with van der Waals surface area (Å²) in [4.78, 5) is 40.0. The number of Topliss-reactive ketones (excluding diaryl/α,β-unsaturated/α-hetero) is 1. The molecule has 0 saturated carbocycles. The Morgan fingerprint density at radius 1 is 1.09 bits per heavy atom. The van der Waals surface area contributed by atoms with Crippen LogP contribution in [0, 0.1) is 10.1 Å². The second-order valence-corrected chi connectivity index (χ2v) is 8.07. The molecule has 1 heterocycles. The Balaban J connectivity index is 2.13. The van der Waals surface area contributed by atoms with Crippen molar-refractivity contribution in [3.63, 3.8) is 0 Å². The van der Waals surface area contributed by atoms with Gasteiger partial charge >= 0.3 is 0 Å². The van der Waals surface area contributed by atoms with Crippen LogP contribution >= 0.6 is 0 Å². The number of benzene rings is 2. The number of non-ortho nitro benzene ring substituents is 1. The number of amides is 1. The number of methoxy groups -OCH3 is 2. The van der Waals surface area contributed by atoms with E-state index in [1.54, 1.807) is 12.1 Å². The second kappa shape index (κ2) is 10.3. The van der Waals surface area contributed by atoms with E-state index in [0.29, 0.717) is 30.0 Å². The highest BCUT2D eigenvalue weighted by molar-refractivity contribution is 6.46. The van der Waals surface area contributed by atoms with E-state index < -0.39 is 22.7 Å². The van der Waals surface area contributed by atoms with Crippen molar-refractivity contribution in [1.82, 2.24) is 9.80 Å². The fraction of sp³-hybridized carbons (Fsp3) is 0.333. The van der Waals surface area contributed by atoms with Gasteiger partial charge in [-0.1, -0.05) is 0 Å². The highest BCUT2D eigenvalue weighted by atomic mass is 16.6. The third-order valence-electron chi connectivity index (χ3n) is 5.62. The summed E-state index contributed by atoms with van der Waals surface area (Å²) in [5, 5.41) is 22.3. The summed E-state index contributed by atoms with van der Waals surface area (Å²) in [6, 6.07) is 9.38. The average Bonchev–Trinajstić information content (AvgIpc) is 3.07. The van der Waals surface area contributed by atoms with Crippen LogP contribution in [0.3, 0.4) is 0 Å². The van der Waals surface area contributed by atoms with Crippen LogP contribution in [0.2, 0.25) is 0 Å². The Hall–Kier alpha value is -3.92. The molecule has 0 spiro atoms. The Labute approximate surface area is 197 Å². The van der Waals surface area contributed by atoms with Crippen LogP contribution in [0.4, 0.5) is 5.69 Å². The van der Waals surface area contributed by atoms with Gasteiger partial charge in [0.15, 0.2) is 11.5 Å². The molecule has 2 aromatic carbocycles. The number of nitrogens with zero attached hydrogens (tertiary/aromatic N) is 3. The zero-order valence-corrected chi connectivity index (χ0v) is 19.5. The topological polar surface area (TPSA) is 122 Å². The maximum absolute atomic E-state index is 13.1. The van der Waals surface area contributed by atoms with E-state index in [1.807, 2.05) is 19.0 Å². The number of carbonyl (C=O) groups excluding carboxylic acids is 2. The van der Waals surface area contributed by atoms with Crippen molar-refractivity contribution < 1.29 is 29.1 Å². The Morgan fingerprint density at radius 2 is 1.74 bits per heavy atom. The Morgan fingerprint density at radius 3 is 2.29 bits per heavy atom. The minimum absolute atomic E-state index is 0.0871. The van der Waals surface area contributed by atoms with Gasteiger partial charge in [-0.15, -0.1) is 0 Å². The van der Waals surface area contributed by atoms with Crippen LogP contribution in [0.5, 0.6) is 11.5 Å². The minimum Gasteiger partial charge on any atom is -0.507 e. The van der Waals surface area contributed by atoms with Crippen LogP contribution in [0.15, 0.2) is 48.0 Å². The monoisotopic (exact) mass is 469 g/mol. The molecule has 34 heavy (non-hydrogen) atoms. The lowest BCUT2D eigenvalue weighted by Crippen LogP contribution is -2.32. The number of ether oxygens (including phenoxy) is 2. The first kappa shape index (κ1) is 24.7. The van der Waals surface area contributed by atoms with Crippen LogP contribution < -0.4 is 9.47 Å². The molecule has 0 aromatic heterocycles. The molecule has 0 radical (unpaired) electrons. The molecule has 2 aromatic rings. The van der Waals surface area contributed by atoms with E-state index in [9.17, 15) is 24.8 Å². The summed E-state index contributed by atoms with van der Waals surface area (Å²) in [6.07, 6.45) is 0.597. The van der Waals surface area contributed by atoms with Crippen molar-refractivity contribution in [2.24, 2.45) is 0 Å². The average molecular weight is 469 g/mol. The first-order valence-corrected chi connectivity index (χ1v) is 10.6. The van der Waals surface area contributed by atoms with E-state index >= 15 is 0 Å². The van der Waals surface area contributed by atoms with Crippen molar-refractivity contribution >= 4 is 23.1 Å². The van der Waals surface area contributed by atoms with Crippen molar-refractivity contribution in [3.8, 4) is 11.5 Å². The van der Waals surface area contributed by atoms with Gasteiger partial charge in [-0.05, 0) is 63.0 Å². The molecule has 0 unspecified atom stereocenters. The summed E-state index contributed by atoms with van der Waals surface area (Å²) >= 11 is 0. The number of nitro groups is 1. The molecular formula is C24H27N3O7. The smallest absolute Gasteiger partial charge is 0.295 e. The fourth-order valence-electron chi connectivity index (χ4n) is 3.93. The molecule has 1 saturated heterocycles. The lowest BCUT2D eigenvalue weighted by atomic mass is 9.95. The molecule has 1 amide bonds. The number of hydrogen-bond acceptors (Lipinski definition) is 8. The molecule has 1 atom stereocenters. The number of rotatable bonds is 9. The maximum Gasteiger partial charge on any atom is 0.295 e. The highest BCUT2D eigenvalue weighted by Crippen LogP contribution is 2.41. The molecule has 0 bridgehead atoms. The Kier molecular flexibility index (Phi) is 7.52. The molecule has 0 aliphatic carbocycles. The van der Waals surface area contributed by atoms with Gasteiger partial charge in [0.05, 0.1) is 30.8 Å². The summed E-state index contributed by atoms with van der Waals surface area (Å²) in [7, 11) is 6.73. The molecule has 1 aliphatic rings. The third-order valence-corrected chi connectivity index (χ3v) is 5.62. The maximum atomic E-state index is 13.1. The molecule has 10 nitrogen and oxygen atoms in total. The fourth-order valence-corrected chi connectivity index (χ4v) is 3.93. The van der Waals surface area contributed by atoms with Crippen LogP contribution in [0.25, 0.3) is 5.76 Å². The standard InChI is InChI=1S/C24H27N3O7/c1-25(2)12-5-13-26-21(15-6-9-17(10-7-15)27(31)32)20(23(29)24(26)30)22(28)16-8-11-18(33-3)19(14-16)34-4/h6-11,14,21,28H,5,12-13H2,1-4H3/t21-/m0/s1. The SMILES string of the molecule is COc1ccc(C(O)=C2C(=O)C(=O)N(CCCN(C)C)[C@H]2c2ccc([N+](=O)[O-])cc2)cc1OC. The highest BCUT2D eigenvalue weighted by Gasteiger charge is 2.46. The number of carbonyl (C=O) groups is 2. The summed E-state index contributed by atoms with van der Waals surface area (Å²) in [5.41, 5.74) is 0.552. The van der Waals surface area contributed by atoms with Crippen LogP contribution in [0.1, 0.15) is 23.6 Å². The predicted octanol–water partition coefficient (Wildman–Crippen LogP) is 2.99. The number of hydrogen-bond donors (Lipinski definition) is 1. The lowest BCUT2D eigenvalue weighted by Gasteiger charge is -2.26. The Bertz CT molecular complexity index is 1130. The van der Waals surface area contributed by atoms with Gasteiger partial charge < -0.3 is 24.4 Å². The van der Waals surface area contributed by atoms with Gasteiger partial charge in [0.2, 0.25) is 0 Å². The molecule has 180 valence electrons. The van der Waals surface area contributed by atoms with Gasteiger partial charge in [-0.25, -0.2) is 0 Å². The summed E-state index contributed by atoms with van der Waals surface area (Å²) in [6.45, 7) is 0.957. The van der Waals surface area contributed by atoms with Gasteiger partial charge in [0.1, 0.15) is 5.76 Å². The largest absolute Gasteiger partial charge is 0.507 e. The van der Waals surface area contributed by atoms with Crippen LogP contribution in [-0.2, 0) is 9.59 Å². The molecular weight excluding hydrogens is 442 g/mol. The number of likely N-dealkylation sites (tertiary alicyclic amines) is 1. The number of ketones is 1. The first-order chi connectivity index (χ1) is 16.2. The number of nitro benzene ring substituents is 1. The second-order valence-electron chi connectivity index (χ2n) is 8.07. The molecule has 1 fully saturated rings. The molecule has 10 heteroatoms. The van der Waals surface area contributed by atoms with Crippen LogP contribution in [-0.4, -0.2) is 72.9 Å². The van der Waals surface area contributed by atoms with Crippen molar-refractivity contribution in [3.05, 3.63) is 69.3 Å². The van der Waals surface area contributed by atoms with Crippen molar-refractivity contribution in [1.29, 1.82) is 0 Å². The van der Waals surface area contributed by atoms with E-state index in [0.717, 1.165) is 0 Å². The van der Waals surface area contributed by atoms with Gasteiger partial charge in [0, 0.05) is 24.2 Å². The lowest BCUT2D eigenvalue weighted by molar-refractivity contribution is -0.384. The number of aliphatic hydroxyl groups excluding tert-OH is 1. The first-order valence-electron chi connectivity index (χ1n) is 10.6. The van der Waals surface area contributed by atoms with E-state index in [-0.39, 0.29) is 29.1 Å². The molecule has 1 aliphatic heterocycles. The minimum atomic E-state index is -0.893. The molecule has 3 rings (SSSR count). The van der Waals surface area contributed by atoms with Crippen molar-refractivity contribution in [2.75, 3.05) is 41.4 Å². The van der Waals surface area contributed by atoms with E-state index in [1.165, 1.54) is 49.5 Å². The zero-order valence-electron chi connectivity index (χ0n) is 19.5. The zero-order chi connectivity index (χ0) is 25.0. The third kappa shape index (κ3) is 4.86. The molecule has 1 N–H and O–H groups in total. The number of aliphatic hydroxyl groups is 1. The van der Waals surface area contributed by atoms with E-state index in [2.05, 4.69) is 0 Å². The van der Waals surface area contributed by atoms with Gasteiger partial charge in [-0.3, -0.25) is 19.7 Å².